The second kappa shape index (κ2) is 7.43. The SMILES string of the molecule is Cc1cccc(-c2[nH]ncc2-c2ccnc3ccccc23)n1.Cl.Cl. The first-order chi connectivity index (χ1) is 10.8. The number of nitrogens with zero attached hydrogens (tertiary/aromatic N) is 3. The molecule has 0 aliphatic carbocycles. The van der Waals surface area contributed by atoms with E-state index in [0.29, 0.717) is 0 Å². The van der Waals surface area contributed by atoms with Crippen molar-refractivity contribution < 1.29 is 0 Å². The third-order valence-corrected chi connectivity index (χ3v) is 3.72. The summed E-state index contributed by atoms with van der Waals surface area (Å²) in [5, 5.41) is 8.42. The number of fused-ring (bicyclic) bond motifs is 1. The van der Waals surface area contributed by atoms with E-state index in [2.05, 4.69) is 26.2 Å². The molecule has 0 atom stereocenters. The quantitative estimate of drug-likeness (QED) is 0.557. The predicted molar refractivity (Wildman–Crippen MR) is 102 cm³/mol. The number of H-pyrrole nitrogens is 1. The van der Waals surface area contributed by atoms with Crippen LogP contribution in [-0.4, -0.2) is 20.2 Å². The summed E-state index contributed by atoms with van der Waals surface area (Å²) in [6.07, 6.45) is 3.68. The lowest BCUT2D eigenvalue weighted by atomic mass is 10.0. The molecule has 122 valence electrons. The maximum atomic E-state index is 4.60. The molecule has 6 heteroatoms. The van der Waals surface area contributed by atoms with Crippen molar-refractivity contribution >= 4 is 35.7 Å². The number of benzene rings is 1. The highest BCUT2D eigenvalue weighted by molar-refractivity contribution is 5.97. The number of aromatic nitrogens is 4. The van der Waals surface area contributed by atoms with E-state index in [-0.39, 0.29) is 24.8 Å². The smallest absolute Gasteiger partial charge is 0.0913 e. The van der Waals surface area contributed by atoms with E-state index >= 15 is 0 Å². The van der Waals surface area contributed by atoms with Gasteiger partial charge in [0.05, 0.1) is 23.1 Å². The number of hydrogen-bond donors (Lipinski definition) is 1. The van der Waals surface area contributed by atoms with Crippen molar-refractivity contribution in [1.82, 2.24) is 20.2 Å². The number of halogens is 2. The Labute approximate surface area is 152 Å². The zero-order valence-corrected chi connectivity index (χ0v) is 14.6. The van der Waals surface area contributed by atoms with Gasteiger partial charge in [-0.1, -0.05) is 24.3 Å². The molecule has 24 heavy (non-hydrogen) atoms. The van der Waals surface area contributed by atoms with Crippen molar-refractivity contribution in [3.63, 3.8) is 0 Å². The number of nitrogens with one attached hydrogen (secondary N) is 1. The molecule has 0 unspecified atom stereocenters. The van der Waals surface area contributed by atoms with Crippen LogP contribution in [0.1, 0.15) is 5.69 Å². The molecule has 1 N–H and O–H groups in total. The van der Waals surface area contributed by atoms with Crippen molar-refractivity contribution in [2.45, 2.75) is 6.92 Å². The molecule has 0 fully saturated rings. The van der Waals surface area contributed by atoms with Crippen LogP contribution in [0.2, 0.25) is 0 Å². The highest BCUT2D eigenvalue weighted by atomic mass is 35.5. The Morgan fingerprint density at radius 1 is 0.875 bits per heavy atom. The van der Waals surface area contributed by atoms with Crippen LogP contribution in [0, 0.1) is 6.92 Å². The average Bonchev–Trinajstić information content (AvgIpc) is 3.04. The standard InChI is InChI=1S/C18H14N4.2ClH/c1-12-5-4-8-17(21-12)18-15(11-20-22-18)13-9-10-19-16-7-3-2-6-14(13)16;;/h2-11H,1H3,(H,20,22);2*1H. The van der Waals surface area contributed by atoms with E-state index in [1.54, 1.807) is 0 Å². The molecule has 0 spiro atoms. The Bertz CT molecular complexity index is 961. The molecule has 4 aromatic rings. The van der Waals surface area contributed by atoms with Crippen molar-refractivity contribution in [1.29, 1.82) is 0 Å². The minimum absolute atomic E-state index is 0. The van der Waals surface area contributed by atoms with Crippen LogP contribution in [0.25, 0.3) is 33.4 Å². The van der Waals surface area contributed by atoms with Gasteiger partial charge in [-0.3, -0.25) is 15.1 Å². The van der Waals surface area contributed by atoms with Gasteiger partial charge in [-0.2, -0.15) is 5.10 Å². The van der Waals surface area contributed by atoms with E-state index in [1.165, 1.54) is 0 Å². The maximum Gasteiger partial charge on any atom is 0.0913 e. The molecule has 4 nitrogen and oxygen atoms in total. The fourth-order valence-electron chi connectivity index (χ4n) is 2.70. The Morgan fingerprint density at radius 3 is 2.54 bits per heavy atom. The Kier molecular flexibility index (Phi) is 5.54. The summed E-state index contributed by atoms with van der Waals surface area (Å²) in [4.78, 5) is 9.02. The third-order valence-electron chi connectivity index (χ3n) is 3.72. The van der Waals surface area contributed by atoms with Gasteiger partial charge < -0.3 is 0 Å². The molecule has 0 saturated carbocycles. The van der Waals surface area contributed by atoms with Crippen LogP contribution in [-0.2, 0) is 0 Å². The highest BCUT2D eigenvalue weighted by Gasteiger charge is 2.13. The fraction of sp³-hybridized carbons (Fsp3) is 0.0556. The van der Waals surface area contributed by atoms with Gasteiger partial charge in [-0.15, -0.1) is 24.8 Å². The Balaban J connectivity index is 0.00000104. The summed E-state index contributed by atoms with van der Waals surface area (Å²) < 4.78 is 0. The van der Waals surface area contributed by atoms with Gasteiger partial charge >= 0.3 is 0 Å². The molecule has 0 radical (unpaired) electrons. The van der Waals surface area contributed by atoms with Gasteiger partial charge in [0.15, 0.2) is 0 Å². The molecule has 0 aliphatic heterocycles. The number of rotatable bonds is 2. The average molecular weight is 359 g/mol. The predicted octanol–water partition coefficient (Wildman–Crippen LogP) is 4.84. The summed E-state index contributed by atoms with van der Waals surface area (Å²) in [6.45, 7) is 1.99. The number of hydrogen-bond acceptors (Lipinski definition) is 3. The Morgan fingerprint density at radius 2 is 1.71 bits per heavy atom. The van der Waals surface area contributed by atoms with E-state index in [1.807, 2.05) is 61.8 Å². The zero-order valence-electron chi connectivity index (χ0n) is 12.9. The van der Waals surface area contributed by atoms with E-state index < -0.39 is 0 Å². The van der Waals surface area contributed by atoms with E-state index in [4.69, 9.17) is 0 Å². The van der Waals surface area contributed by atoms with Crippen LogP contribution in [0.5, 0.6) is 0 Å². The lowest BCUT2D eigenvalue weighted by Crippen LogP contribution is -1.90. The molecule has 0 aliphatic rings. The maximum absolute atomic E-state index is 4.60. The first kappa shape index (κ1) is 17.9. The van der Waals surface area contributed by atoms with Gasteiger partial charge in [-0.25, -0.2) is 0 Å². The summed E-state index contributed by atoms with van der Waals surface area (Å²) >= 11 is 0. The van der Waals surface area contributed by atoms with Gasteiger partial charge in [0.2, 0.25) is 0 Å². The fourth-order valence-corrected chi connectivity index (χ4v) is 2.70. The molecular formula is C18H16Cl2N4. The number of aromatic amines is 1. The number of para-hydroxylation sites is 1. The van der Waals surface area contributed by atoms with Crippen LogP contribution < -0.4 is 0 Å². The first-order valence-electron chi connectivity index (χ1n) is 7.14. The molecule has 1 aromatic carbocycles. The zero-order chi connectivity index (χ0) is 14.9. The largest absolute Gasteiger partial charge is 0.276 e. The molecule has 0 amide bonds. The van der Waals surface area contributed by atoms with E-state index in [9.17, 15) is 0 Å². The third kappa shape index (κ3) is 3.11. The normalized spacial score (nSPS) is 10.0. The summed E-state index contributed by atoms with van der Waals surface area (Å²) in [6, 6.07) is 16.1. The van der Waals surface area contributed by atoms with Gasteiger partial charge in [0.1, 0.15) is 0 Å². The van der Waals surface area contributed by atoms with Gasteiger partial charge in [-0.05, 0) is 36.8 Å². The van der Waals surface area contributed by atoms with Crippen molar-refractivity contribution in [2.24, 2.45) is 0 Å². The minimum atomic E-state index is 0. The molecule has 0 saturated heterocycles. The lowest BCUT2D eigenvalue weighted by Gasteiger charge is -2.07. The molecule has 0 bridgehead atoms. The Hall–Kier alpha value is -2.43. The summed E-state index contributed by atoms with van der Waals surface area (Å²) in [7, 11) is 0. The second-order valence-corrected chi connectivity index (χ2v) is 5.20. The van der Waals surface area contributed by atoms with Crippen LogP contribution in [0.3, 0.4) is 0 Å². The summed E-state index contributed by atoms with van der Waals surface area (Å²) in [5.41, 5.74) is 5.93. The van der Waals surface area contributed by atoms with Crippen molar-refractivity contribution in [3.8, 4) is 22.5 Å². The van der Waals surface area contributed by atoms with Crippen LogP contribution in [0.4, 0.5) is 0 Å². The minimum Gasteiger partial charge on any atom is -0.276 e. The van der Waals surface area contributed by atoms with Crippen LogP contribution >= 0.6 is 24.8 Å². The van der Waals surface area contributed by atoms with Gasteiger partial charge in [0.25, 0.3) is 0 Å². The molecule has 4 rings (SSSR count). The van der Waals surface area contributed by atoms with Crippen molar-refractivity contribution in [3.05, 3.63) is 66.6 Å². The number of pyridine rings is 2. The second-order valence-electron chi connectivity index (χ2n) is 5.20. The first-order valence-corrected chi connectivity index (χ1v) is 7.14. The summed E-state index contributed by atoms with van der Waals surface area (Å²) in [5.74, 6) is 0. The van der Waals surface area contributed by atoms with Crippen LogP contribution in [0.15, 0.2) is 60.9 Å². The highest BCUT2D eigenvalue weighted by Crippen LogP contribution is 2.33. The number of aryl methyl sites for hydroxylation is 1. The lowest BCUT2D eigenvalue weighted by molar-refractivity contribution is 1.08. The molecular weight excluding hydrogens is 343 g/mol. The van der Waals surface area contributed by atoms with Crippen molar-refractivity contribution in [2.75, 3.05) is 0 Å². The van der Waals surface area contributed by atoms with Gasteiger partial charge in [0, 0.05) is 22.8 Å². The molecule has 3 heterocycles. The van der Waals surface area contributed by atoms with E-state index in [0.717, 1.165) is 39.1 Å². The molecule has 3 aromatic heterocycles. The monoisotopic (exact) mass is 358 g/mol. The topological polar surface area (TPSA) is 54.5 Å².